The molecule has 0 aromatic heterocycles. The number of aliphatic carboxylic acids is 1. The van der Waals surface area contributed by atoms with Crippen molar-refractivity contribution < 1.29 is 14.6 Å². The topological polar surface area (TPSA) is 96.3 Å². The zero-order valence-electron chi connectivity index (χ0n) is 8.18. The third kappa shape index (κ3) is 3.12. The Bertz CT molecular complexity index is 442. The fourth-order valence-electron chi connectivity index (χ4n) is 0.938. The maximum Gasteiger partial charge on any atom is 0.324 e. The Morgan fingerprint density at radius 3 is 2.88 bits per heavy atom. The molecule has 1 unspecified atom stereocenters. The monoisotopic (exact) mass is 240 g/mol. The van der Waals surface area contributed by atoms with Crippen molar-refractivity contribution in [1.29, 1.82) is 5.26 Å². The summed E-state index contributed by atoms with van der Waals surface area (Å²) in [6.07, 6.45) is 0. The highest BCUT2D eigenvalue weighted by molar-refractivity contribution is 6.32. The van der Waals surface area contributed by atoms with Crippen LogP contribution < -0.4 is 10.5 Å². The van der Waals surface area contributed by atoms with Gasteiger partial charge in [-0.15, -0.1) is 0 Å². The van der Waals surface area contributed by atoms with E-state index in [0.29, 0.717) is 11.3 Å². The smallest absolute Gasteiger partial charge is 0.324 e. The minimum atomic E-state index is -1.15. The van der Waals surface area contributed by atoms with Crippen LogP contribution in [0.2, 0.25) is 5.02 Å². The minimum absolute atomic E-state index is 0.180. The van der Waals surface area contributed by atoms with Crippen molar-refractivity contribution in [2.45, 2.75) is 6.04 Å². The Kier molecular flexibility index (Phi) is 4.11. The molecule has 1 rings (SSSR count). The molecule has 0 radical (unpaired) electrons. The van der Waals surface area contributed by atoms with Gasteiger partial charge in [0.05, 0.1) is 16.7 Å². The predicted molar refractivity (Wildman–Crippen MR) is 57.3 cm³/mol. The molecule has 0 aliphatic heterocycles. The molecule has 0 fully saturated rings. The number of ether oxygens (including phenoxy) is 1. The third-order valence-corrected chi connectivity index (χ3v) is 2.09. The first-order chi connectivity index (χ1) is 7.54. The molecule has 1 aromatic rings. The van der Waals surface area contributed by atoms with Crippen LogP contribution in [0.1, 0.15) is 5.56 Å². The van der Waals surface area contributed by atoms with Gasteiger partial charge in [-0.05, 0) is 18.2 Å². The average Bonchev–Trinajstić information content (AvgIpc) is 2.26. The van der Waals surface area contributed by atoms with Crippen molar-refractivity contribution in [1.82, 2.24) is 0 Å². The molecule has 0 spiro atoms. The number of nitrogens with zero attached hydrogens (tertiary/aromatic N) is 1. The van der Waals surface area contributed by atoms with Gasteiger partial charge >= 0.3 is 5.97 Å². The number of benzene rings is 1. The molecule has 0 saturated carbocycles. The first-order valence-corrected chi connectivity index (χ1v) is 4.73. The molecular weight excluding hydrogens is 232 g/mol. The summed E-state index contributed by atoms with van der Waals surface area (Å²) in [5, 5.41) is 17.4. The predicted octanol–water partition coefficient (Wildman–Crippen LogP) is 1.00. The van der Waals surface area contributed by atoms with Crippen molar-refractivity contribution in [3.05, 3.63) is 28.8 Å². The zero-order chi connectivity index (χ0) is 12.1. The number of nitriles is 1. The molecule has 16 heavy (non-hydrogen) atoms. The van der Waals surface area contributed by atoms with Gasteiger partial charge in [-0.2, -0.15) is 5.26 Å². The number of halogens is 1. The number of carboxylic acids is 1. The number of carboxylic acid groups (broad SMARTS) is 1. The van der Waals surface area contributed by atoms with Crippen LogP contribution in [0.5, 0.6) is 5.75 Å². The standard InChI is InChI=1S/C10H9ClN2O3/c11-7-3-6(4-12)1-2-9(7)16-5-8(13)10(14)15/h1-3,8H,5,13H2,(H,14,15). The fourth-order valence-corrected chi connectivity index (χ4v) is 1.17. The lowest BCUT2D eigenvalue weighted by Crippen LogP contribution is -2.36. The number of hydrogen-bond donors (Lipinski definition) is 2. The Labute approximate surface area is 97.0 Å². The molecule has 0 saturated heterocycles. The maximum atomic E-state index is 10.4. The summed E-state index contributed by atoms with van der Waals surface area (Å²) in [4.78, 5) is 10.4. The summed E-state index contributed by atoms with van der Waals surface area (Å²) >= 11 is 5.81. The Balaban J connectivity index is 2.69. The molecule has 5 nitrogen and oxygen atoms in total. The second-order valence-corrected chi connectivity index (χ2v) is 3.42. The lowest BCUT2D eigenvalue weighted by atomic mass is 10.2. The lowest BCUT2D eigenvalue weighted by Gasteiger charge is -2.10. The van der Waals surface area contributed by atoms with E-state index in [4.69, 9.17) is 32.4 Å². The van der Waals surface area contributed by atoms with Crippen molar-refractivity contribution in [2.75, 3.05) is 6.61 Å². The maximum absolute atomic E-state index is 10.4. The Hall–Kier alpha value is -1.77. The molecule has 0 aliphatic carbocycles. The molecule has 1 aromatic carbocycles. The molecule has 0 heterocycles. The second kappa shape index (κ2) is 5.35. The Morgan fingerprint density at radius 1 is 1.69 bits per heavy atom. The summed E-state index contributed by atoms with van der Waals surface area (Å²) in [5.41, 5.74) is 5.65. The van der Waals surface area contributed by atoms with E-state index in [1.54, 1.807) is 0 Å². The second-order valence-electron chi connectivity index (χ2n) is 3.01. The molecule has 6 heteroatoms. The summed E-state index contributed by atoms with van der Waals surface area (Å²) < 4.78 is 5.11. The van der Waals surface area contributed by atoms with Crippen LogP contribution >= 0.6 is 11.6 Å². The van der Waals surface area contributed by atoms with Gasteiger partial charge in [-0.3, -0.25) is 4.79 Å². The molecule has 0 aliphatic rings. The summed E-state index contributed by atoms with van der Waals surface area (Å²) in [6, 6.07) is 5.26. The van der Waals surface area contributed by atoms with Crippen molar-refractivity contribution >= 4 is 17.6 Å². The van der Waals surface area contributed by atoms with Crippen LogP contribution in [0, 0.1) is 11.3 Å². The number of rotatable bonds is 4. The number of nitrogens with two attached hydrogens (primary N) is 1. The molecule has 1 atom stereocenters. The van der Waals surface area contributed by atoms with Gasteiger partial charge in [0.1, 0.15) is 18.4 Å². The van der Waals surface area contributed by atoms with E-state index in [1.807, 2.05) is 6.07 Å². The van der Waals surface area contributed by atoms with Crippen LogP contribution in [0.25, 0.3) is 0 Å². The summed E-state index contributed by atoms with van der Waals surface area (Å²) in [7, 11) is 0. The average molecular weight is 241 g/mol. The molecule has 0 bridgehead atoms. The van der Waals surface area contributed by atoms with Crippen LogP contribution in [-0.4, -0.2) is 23.7 Å². The van der Waals surface area contributed by atoms with Crippen LogP contribution in [0.15, 0.2) is 18.2 Å². The molecule has 3 N–H and O–H groups in total. The van der Waals surface area contributed by atoms with E-state index in [0.717, 1.165) is 0 Å². The van der Waals surface area contributed by atoms with Crippen LogP contribution in [-0.2, 0) is 4.79 Å². The van der Waals surface area contributed by atoms with E-state index in [-0.39, 0.29) is 11.6 Å². The van der Waals surface area contributed by atoms with E-state index >= 15 is 0 Å². The normalized spacial score (nSPS) is 11.6. The highest BCUT2D eigenvalue weighted by atomic mass is 35.5. The molecule has 84 valence electrons. The minimum Gasteiger partial charge on any atom is -0.490 e. The van der Waals surface area contributed by atoms with E-state index in [2.05, 4.69) is 0 Å². The van der Waals surface area contributed by atoms with Crippen LogP contribution in [0.3, 0.4) is 0 Å². The van der Waals surface area contributed by atoms with Crippen LogP contribution in [0.4, 0.5) is 0 Å². The summed E-state index contributed by atoms with van der Waals surface area (Å²) in [6.45, 7) is -0.180. The number of carbonyl (C=O) groups is 1. The molecular formula is C10H9ClN2O3. The van der Waals surface area contributed by atoms with Gasteiger partial charge in [0.25, 0.3) is 0 Å². The fraction of sp³-hybridized carbons (Fsp3) is 0.200. The van der Waals surface area contributed by atoms with E-state index in [9.17, 15) is 4.79 Å². The Morgan fingerprint density at radius 2 is 2.38 bits per heavy atom. The van der Waals surface area contributed by atoms with Crippen molar-refractivity contribution in [3.8, 4) is 11.8 Å². The zero-order valence-corrected chi connectivity index (χ0v) is 8.94. The van der Waals surface area contributed by atoms with Gasteiger partial charge in [-0.25, -0.2) is 0 Å². The third-order valence-electron chi connectivity index (χ3n) is 1.80. The highest BCUT2D eigenvalue weighted by Crippen LogP contribution is 2.25. The van der Waals surface area contributed by atoms with E-state index < -0.39 is 12.0 Å². The van der Waals surface area contributed by atoms with E-state index in [1.165, 1.54) is 18.2 Å². The largest absolute Gasteiger partial charge is 0.490 e. The van der Waals surface area contributed by atoms with Crippen molar-refractivity contribution in [3.63, 3.8) is 0 Å². The van der Waals surface area contributed by atoms with Gasteiger partial charge in [0.15, 0.2) is 0 Å². The van der Waals surface area contributed by atoms with Gasteiger partial charge < -0.3 is 15.6 Å². The first-order valence-electron chi connectivity index (χ1n) is 4.35. The highest BCUT2D eigenvalue weighted by Gasteiger charge is 2.13. The SMILES string of the molecule is N#Cc1ccc(OCC(N)C(=O)O)c(Cl)c1. The number of hydrogen-bond acceptors (Lipinski definition) is 4. The lowest BCUT2D eigenvalue weighted by molar-refractivity contribution is -0.139. The quantitative estimate of drug-likeness (QED) is 0.819. The van der Waals surface area contributed by atoms with Gasteiger partial charge in [0, 0.05) is 0 Å². The van der Waals surface area contributed by atoms with Crippen molar-refractivity contribution in [2.24, 2.45) is 5.73 Å². The molecule has 0 amide bonds. The first kappa shape index (κ1) is 12.3. The van der Waals surface area contributed by atoms with Gasteiger partial charge in [0.2, 0.25) is 0 Å². The summed E-state index contributed by atoms with van der Waals surface area (Å²) in [5.74, 6) is -0.845. The van der Waals surface area contributed by atoms with Gasteiger partial charge in [-0.1, -0.05) is 11.6 Å².